The fraction of sp³-hybridized carbons (Fsp3) is 0.600. The Morgan fingerprint density at radius 1 is 1.30 bits per heavy atom. The number of carbonyl (C=O) groups excluding carboxylic acids is 1. The molecule has 0 aliphatic rings. The van der Waals surface area contributed by atoms with Gasteiger partial charge in [-0.3, -0.25) is 9.59 Å². The van der Waals surface area contributed by atoms with E-state index in [1.807, 2.05) is 26.8 Å². The lowest BCUT2D eigenvalue weighted by Gasteiger charge is -2.14. The second-order valence-corrected chi connectivity index (χ2v) is 6.65. The van der Waals surface area contributed by atoms with Crippen LogP contribution < -0.4 is 5.32 Å². The zero-order valence-corrected chi connectivity index (χ0v) is 13.3. The number of amides is 1. The monoisotopic (exact) mass is 297 g/mol. The molecular formula is C15H23NO3S. The summed E-state index contributed by atoms with van der Waals surface area (Å²) < 4.78 is 0. The molecule has 1 amide bonds. The fourth-order valence-electron chi connectivity index (χ4n) is 1.91. The van der Waals surface area contributed by atoms with Crippen LogP contribution >= 0.6 is 11.3 Å². The van der Waals surface area contributed by atoms with Gasteiger partial charge in [-0.25, -0.2) is 0 Å². The molecule has 0 saturated carbocycles. The van der Waals surface area contributed by atoms with Gasteiger partial charge in [0, 0.05) is 10.9 Å². The van der Waals surface area contributed by atoms with Gasteiger partial charge in [-0.2, -0.15) is 0 Å². The maximum atomic E-state index is 12.0. The molecule has 112 valence electrons. The van der Waals surface area contributed by atoms with Crippen LogP contribution in [0.15, 0.2) is 6.07 Å². The molecule has 0 aliphatic heterocycles. The van der Waals surface area contributed by atoms with E-state index in [4.69, 9.17) is 5.11 Å². The number of thiophene rings is 1. The lowest BCUT2D eigenvalue weighted by Crippen LogP contribution is -2.32. The summed E-state index contributed by atoms with van der Waals surface area (Å²) in [6, 6.07) is 1.97. The van der Waals surface area contributed by atoms with Gasteiger partial charge in [0.2, 0.25) is 0 Å². The maximum Gasteiger partial charge on any atom is 0.306 e. The van der Waals surface area contributed by atoms with Gasteiger partial charge < -0.3 is 10.4 Å². The summed E-state index contributed by atoms with van der Waals surface area (Å²) in [6.07, 6.45) is 2.25. The van der Waals surface area contributed by atoms with Gasteiger partial charge >= 0.3 is 5.97 Å². The van der Waals surface area contributed by atoms with Crippen molar-refractivity contribution in [1.82, 2.24) is 5.32 Å². The smallest absolute Gasteiger partial charge is 0.306 e. The molecule has 2 atom stereocenters. The van der Waals surface area contributed by atoms with Crippen molar-refractivity contribution in [3.05, 3.63) is 21.4 Å². The van der Waals surface area contributed by atoms with Crippen molar-refractivity contribution >= 4 is 23.2 Å². The van der Waals surface area contributed by atoms with Gasteiger partial charge in [-0.15, -0.1) is 11.3 Å². The molecule has 1 aromatic heterocycles. The number of aryl methyl sites for hydroxylation is 2. The highest BCUT2D eigenvalue weighted by molar-refractivity contribution is 7.14. The SMILES string of the molecule is Cc1cc(C(=O)NC(C)CCCC(C)C(=O)O)sc1C. The third kappa shape index (κ3) is 4.96. The summed E-state index contributed by atoms with van der Waals surface area (Å²) in [5, 5.41) is 11.8. The first-order valence-electron chi connectivity index (χ1n) is 6.92. The second-order valence-electron chi connectivity index (χ2n) is 5.39. The highest BCUT2D eigenvalue weighted by atomic mass is 32.1. The van der Waals surface area contributed by atoms with Crippen LogP contribution in [0, 0.1) is 19.8 Å². The third-order valence-corrected chi connectivity index (χ3v) is 4.61. The van der Waals surface area contributed by atoms with Crippen molar-refractivity contribution in [2.75, 3.05) is 0 Å². The predicted molar refractivity (Wildman–Crippen MR) is 81.4 cm³/mol. The molecule has 0 radical (unpaired) electrons. The van der Waals surface area contributed by atoms with Gasteiger partial charge in [-0.05, 0) is 45.2 Å². The van der Waals surface area contributed by atoms with Gasteiger partial charge in [0.1, 0.15) is 0 Å². The summed E-state index contributed by atoms with van der Waals surface area (Å²) in [4.78, 5) is 24.6. The summed E-state index contributed by atoms with van der Waals surface area (Å²) in [5.74, 6) is -1.11. The van der Waals surface area contributed by atoms with E-state index in [9.17, 15) is 9.59 Å². The van der Waals surface area contributed by atoms with Crippen molar-refractivity contribution in [1.29, 1.82) is 0 Å². The molecule has 1 rings (SSSR count). The normalized spacial score (nSPS) is 13.8. The number of aliphatic carboxylic acids is 1. The van der Waals surface area contributed by atoms with E-state index >= 15 is 0 Å². The Labute approximate surface area is 124 Å². The molecule has 5 heteroatoms. The topological polar surface area (TPSA) is 66.4 Å². The van der Waals surface area contributed by atoms with Crippen LogP contribution in [0.25, 0.3) is 0 Å². The zero-order valence-electron chi connectivity index (χ0n) is 12.5. The molecule has 2 unspecified atom stereocenters. The highest BCUT2D eigenvalue weighted by Gasteiger charge is 2.14. The minimum Gasteiger partial charge on any atom is -0.481 e. The Morgan fingerprint density at radius 3 is 2.45 bits per heavy atom. The van der Waals surface area contributed by atoms with Crippen LogP contribution in [0.2, 0.25) is 0 Å². The van der Waals surface area contributed by atoms with E-state index in [-0.39, 0.29) is 17.9 Å². The first-order valence-corrected chi connectivity index (χ1v) is 7.73. The molecule has 2 N–H and O–H groups in total. The first-order chi connectivity index (χ1) is 9.31. The molecule has 0 aromatic carbocycles. The summed E-state index contributed by atoms with van der Waals surface area (Å²) in [7, 11) is 0. The van der Waals surface area contributed by atoms with E-state index in [1.54, 1.807) is 6.92 Å². The lowest BCUT2D eigenvalue weighted by molar-refractivity contribution is -0.141. The predicted octanol–water partition coefficient (Wildman–Crippen LogP) is 3.37. The van der Waals surface area contributed by atoms with E-state index < -0.39 is 5.97 Å². The summed E-state index contributed by atoms with van der Waals surface area (Å²) in [5.41, 5.74) is 1.14. The number of hydrogen-bond acceptors (Lipinski definition) is 3. The van der Waals surface area contributed by atoms with Crippen molar-refractivity contribution < 1.29 is 14.7 Å². The summed E-state index contributed by atoms with van der Waals surface area (Å²) in [6.45, 7) is 7.67. The van der Waals surface area contributed by atoms with Crippen LogP contribution in [-0.4, -0.2) is 23.0 Å². The standard InChI is InChI=1S/C15H23NO3S/c1-9(15(18)19)6-5-7-11(3)16-14(17)13-8-10(2)12(4)20-13/h8-9,11H,5-7H2,1-4H3,(H,16,17)(H,18,19). The van der Waals surface area contributed by atoms with Crippen molar-refractivity contribution in [3.8, 4) is 0 Å². The Kier molecular flexibility index (Phi) is 6.20. The molecule has 20 heavy (non-hydrogen) atoms. The first kappa shape index (κ1) is 16.7. The molecule has 4 nitrogen and oxygen atoms in total. The average Bonchev–Trinajstić information content (AvgIpc) is 2.69. The molecule has 0 bridgehead atoms. The van der Waals surface area contributed by atoms with E-state index in [0.29, 0.717) is 6.42 Å². The molecule has 0 fully saturated rings. The highest BCUT2D eigenvalue weighted by Crippen LogP contribution is 2.20. The van der Waals surface area contributed by atoms with E-state index in [0.717, 1.165) is 28.2 Å². The van der Waals surface area contributed by atoms with Crippen LogP contribution in [0.4, 0.5) is 0 Å². The Bertz CT molecular complexity index is 462. The molecule has 0 spiro atoms. The summed E-state index contributed by atoms with van der Waals surface area (Å²) >= 11 is 1.51. The van der Waals surface area contributed by atoms with Crippen molar-refractivity contribution in [3.63, 3.8) is 0 Å². The molecule has 1 aromatic rings. The minimum atomic E-state index is -0.758. The van der Waals surface area contributed by atoms with E-state index in [2.05, 4.69) is 5.32 Å². The van der Waals surface area contributed by atoms with Gasteiger partial charge in [0.15, 0.2) is 0 Å². The van der Waals surface area contributed by atoms with Crippen LogP contribution in [0.1, 0.15) is 53.2 Å². The van der Waals surface area contributed by atoms with E-state index in [1.165, 1.54) is 11.3 Å². The molecule has 0 aliphatic carbocycles. The fourth-order valence-corrected chi connectivity index (χ4v) is 2.84. The minimum absolute atomic E-state index is 0.0371. The number of hydrogen-bond donors (Lipinski definition) is 2. The molecular weight excluding hydrogens is 274 g/mol. The molecule has 1 heterocycles. The van der Waals surface area contributed by atoms with Crippen LogP contribution in [0.3, 0.4) is 0 Å². The Balaban J connectivity index is 2.37. The van der Waals surface area contributed by atoms with Gasteiger partial charge in [-0.1, -0.05) is 13.3 Å². The Hall–Kier alpha value is -1.36. The van der Waals surface area contributed by atoms with Gasteiger partial charge in [0.05, 0.1) is 10.8 Å². The second kappa shape index (κ2) is 7.43. The van der Waals surface area contributed by atoms with Crippen molar-refractivity contribution in [2.45, 2.75) is 53.0 Å². The third-order valence-electron chi connectivity index (χ3n) is 3.46. The molecule has 0 saturated heterocycles. The maximum absolute atomic E-state index is 12.0. The lowest BCUT2D eigenvalue weighted by atomic mass is 10.0. The van der Waals surface area contributed by atoms with Crippen LogP contribution in [-0.2, 0) is 4.79 Å². The Morgan fingerprint density at radius 2 is 1.95 bits per heavy atom. The largest absolute Gasteiger partial charge is 0.481 e. The number of carbonyl (C=O) groups is 2. The number of rotatable bonds is 7. The van der Waals surface area contributed by atoms with Crippen molar-refractivity contribution in [2.24, 2.45) is 5.92 Å². The number of nitrogens with one attached hydrogen (secondary N) is 1. The zero-order chi connectivity index (χ0) is 15.3. The van der Waals surface area contributed by atoms with Gasteiger partial charge in [0.25, 0.3) is 5.91 Å². The van der Waals surface area contributed by atoms with Crippen LogP contribution in [0.5, 0.6) is 0 Å². The number of carboxylic acid groups (broad SMARTS) is 1. The number of carboxylic acids is 1. The quantitative estimate of drug-likeness (QED) is 0.811. The average molecular weight is 297 g/mol.